The van der Waals surface area contributed by atoms with Gasteiger partial charge >= 0.3 is 0 Å². The molecule has 0 spiro atoms. The van der Waals surface area contributed by atoms with Crippen LogP contribution in [0.15, 0.2) is 0 Å². The predicted molar refractivity (Wildman–Crippen MR) is 63.0 cm³/mol. The molecular weight excluding hydrogens is 186 g/mol. The minimum absolute atomic E-state index is 0.373. The molecule has 0 bridgehead atoms. The van der Waals surface area contributed by atoms with Gasteiger partial charge in [-0.05, 0) is 63.2 Å². The van der Waals surface area contributed by atoms with Gasteiger partial charge in [0.15, 0.2) is 0 Å². The minimum Gasteiger partial charge on any atom is -0.328 e. The summed E-state index contributed by atoms with van der Waals surface area (Å²) in [5.41, 5.74) is 17.5. The van der Waals surface area contributed by atoms with E-state index in [0.29, 0.717) is 6.04 Å². The Morgan fingerprint density at radius 3 is 1.73 bits per heavy atom. The number of nitrogens with two attached hydrogens (primary N) is 3. The highest BCUT2D eigenvalue weighted by atomic mass is 15.0. The summed E-state index contributed by atoms with van der Waals surface area (Å²) in [5, 5.41) is 0. The zero-order chi connectivity index (χ0) is 10.9. The molecule has 6 N–H and O–H groups in total. The highest BCUT2D eigenvalue weighted by Gasteiger charge is 2.33. The van der Waals surface area contributed by atoms with Crippen molar-refractivity contribution in [3.8, 4) is 0 Å². The molecule has 88 valence electrons. The van der Waals surface area contributed by atoms with E-state index in [9.17, 15) is 0 Å². The molecule has 0 aliphatic heterocycles. The standard InChI is InChI=1S/C12H25N3/c13-11-3-1-9(2-4-11)10-5-7-12(14,15)8-6-10/h9-11H,1-8,13-15H2. The Kier molecular flexibility index (Phi) is 3.33. The zero-order valence-electron chi connectivity index (χ0n) is 9.62. The first kappa shape index (κ1) is 11.4. The molecule has 0 unspecified atom stereocenters. The first-order valence-electron chi connectivity index (χ1n) is 6.40. The van der Waals surface area contributed by atoms with Crippen molar-refractivity contribution in [3.63, 3.8) is 0 Å². The summed E-state index contributed by atoms with van der Waals surface area (Å²) in [6.45, 7) is 0. The van der Waals surface area contributed by atoms with Crippen LogP contribution in [0.2, 0.25) is 0 Å². The molecule has 2 rings (SSSR count). The van der Waals surface area contributed by atoms with E-state index in [1.165, 1.54) is 38.5 Å². The lowest BCUT2D eigenvalue weighted by Gasteiger charge is -2.39. The molecule has 0 amide bonds. The van der Waals surface area contributed by atoms with Gasteiger partial charge in [-0.15, -0.1) is 0 Å². The predicted octanol–water partition coefficient (Wildman–Crippen LogP) is 1.31. The molecule has 2 saturated carbocycles. The third kappa shape index (κ3) is 2.92. The molecule has 2 aliphatic carbocycles. The second-order valence-electron chi connectivity index (χ2n) is 5.75. The van der Waals surface area contributed by atoms with E-state index in [-0.39, 0.29) is 5.66 Å². The molecular formula is C12H25N3. The van der Waals surface area contributed by atoms with Gasteiger partial charge in [-0.3, -0.25) is 0 Å². The minimum atomic E-state index is -0.373. The summed E-state index contributed by atoms with van der Waals surface area (Å²) < 4.78 is 0. The van der Waals surface area contributed by atoms with E-state index in [0.717, 1.165) is 24.7 Å². The number of rotatable bonds is 1. The van der Waals surface area contributed by atoms with Gasteiger partial charge in [0.05, 0.1) is 5.66 Å². The first-order chi connectivity index (χ1) is 7.07. The smallest absolute Gasteiger partial charge is 0.0636 e. The Morgan fingerprint density at radius 2 is 1.20 bits per heavy atom. The maximum absolute atomic E-state index is 5.95. The summed E-state index contributed by atoms with van der Waals surface area (Å²) in [5.74, 6) is 1.78. The van der Waals surface area contributed by atoms with Crippen LogP contribution in [0.1, 0.15) is 51.4 Å². The summed E-state index contributed by atoms with van der Waals surface area (Å²) in [7, 11) is 0. The lowest BCUT2D eigenvalue weighted by atomic mass is 9.70. The average molecular weight is 211 g/mol. The molecule has 0 aromatic heterocycles. The van der Waals surface area contributed by atoms with Crippen molar-refractivity contribution in [1.82, 2.24) is 0 Å². The normalized spacial score (nSPS) is 37.8. The molecule has 0 heterocycles. The van der Waals surface area contributed by atoms with Crippen LogP contribution >= 0.6 is 0 Å². The summed E-state index contributed by atoms with van der Waals surface area (Å²) in [6, 6.07) is 0.466. The molecule has 3 heteroatoms. The van der Waals surface area contributed by atoms with Crippen molar-refractivity contribution in [3.05, 3.63) is 0 Å². The highest BCUT2D eigenvalue weighted by molar-refractivity contribution is 4.88. The second-order valence-corrected chi connectivity index (χ2v) is 5.75. The lowest BCUT2D eigenvalue weighted by molar-refractivity contribution is 0.148. The van der Waals surface area contributed by atoms with Gasteiger partial charge < -0.3 is 17.2 Å². The van der Waals surface area contributed by atoms with Gasteiger partial charge in [-0.2, -0.15) is 0 Å². The third-order valence-electron chi connectivity index (χ3n) is 4.44. The number of hydrogen-bond acceptors (Lipinski definition) is 3. The Bertz CT molecular complexity index is 197. The fourth-order valence-electron chi connectivity index (χ4n) is 3.27. The quantitative estimate of drug-likeness (QED) is 0.572. The van der Waals surface area contributed by atoms with Crippen LogP contribution in [0.3, 0.4) is 0 Å². The third-order valence-corrected chi connectivity index (χ3v) is 4.44. The largest absolute Gasteiger partial charge is 0.328 e. The Balaban J connectivity index is 1.80. The molecule has 0 radical (unpaired) electrons. The van der Waals surface area contributed by atoms with E-state index >= 15 is 0 Å². The van der Waals surface area contributed by atoms with Crippen LogP contribution in [-0.2, 0) is 0 Å². The monoisotopic (exact) mass is 211 g/mol. The molecule has 2 fully saturated rings. The van der Waals surface area contributed by atoms with Crippen molar-refractivity contribution in [1.29, 1.82) is 0 Å². The van der Waals surface area contributed by atoms with Gasteiger partial charge in [0.25, 0.3) is 0 Å². The fraction of sp³-hybridized carbons (Fsp3) is 1.00. The van der Waals surface area contributed by atoms with Crippen molar-refractivity contribution in [2.24, 2.45) is 29.0 Å². The summed E-state index contributed by atoms with van der Waals surface area (Å²) in [6.07, 6.45) is 9.55. The van der Waals surface area contributed by atoms with E-state index in [4.69, 9.17) is 17.2 Å². The fourth-order valence-corrected chi connectivity index (χ4v) is 3.27. The molecule has 3 nitrogen and oxygen atoms in total. The van der Waals surface area contributed by atoms with Crippen molar-refractivity contribution in [2.75, 3.05) is 0 Å². The average Bonchev–Trinajstić information content (AvgIpc) is 2.20. The van der Waals surface area contributed by atoms with Gasteiger partial charge in [0.2, 0.25) is 0 Å². The van der Waals surface area contributed by atoms with Crippen LogP contribution in [0.4, 0.5) is 0 Å². The maximum Gasteiger partial charge on any atom is 0.0636 e. The number of hydrogen-bond donors (Lipinski definition) is 3. The van der Waals surface area contributed by atoms with Gasteiger partial charge in [-0.1, -0.05) is 0 Å². The molecule has 2 aliphatic rings. The zero-order valence-corrected chi connectivity index (χ0v) is 9.62. The van der Waals surface area contributed by atoms with Gasteiger partial charge in [0.1, 0.15) is 0 Å². The van der Waals surface area contributed by atoms with Crippen LogP contribution in [0.25, 0.3) is 0 Å². The van der Waals surface area contributed by atoms with E-state index in [2.05, 4.69) is 0 Å². The van der Waals surface area contributed by atoms with Crippen LogP contribution in [0, 0.1) is 11.8 Å². The molecule has 0 saturated heterocycles. The van der Waals surface area contributed by atoms with Gasteiger partial charge in [-0.25, -0.2) is 0 Å². The molecule has 0 aromatic rings. The molecule has 15 heavy (non-hydrogen) atoms. The molecule has 0 aromatic carbocycles. The second kappa shape index (κ2) is 4.40. The highest BCUT2D eigenvalue weighted by Crippen LogP contribution is 2.38. The van der Waals surface area contributed by atoms with E-state index < -0.39 is 0 Å². The van der Waals surface area contributed by atoms with E-state index in [1.54, 1.807) is 0 Å². The van der Waals surface area contributed by atoms with Gasteiger partial charge in [0, 0.05) is 6.04 Å². The van der Waals surface area contributed by atoms with Crippen molar-refractivity contribution >= 4 is 0 Å². The SMILES string of the molecule is NC1CCC(C2CCC(N)(N)CC2)CC1. The Morgan fingerprint density at radius 1 is 0.733 bits per heavy atom. The topological polar surface area (TPSA) is 78.1 Å². The lowest BCUT2D eigenvalue weighted by Crippen LogP contribution is -2.52. The maximum atomic E-state index is 5.95. The molecule has 0 atom stereocenters. The summed E-state index contributed by atoms with van der Waals surface area (Å²) in [4.78, 5) is 0. The van der Waals surface area contributed by atoms with Crippen molar-refractivity contribution in [2.45, 2.75) is 63.1 Å². The Labute approximate surface area is 92.8 Å². The van der Waals surface area contributed by atoms with Crippen molar-refractivity contribution < 1.29 is 0 Å². The summed E-state index contributed by atoms with van der Waals surface area (Å²) >= 11 is 0. The first-order valence-corrected chi connectivity index (χ1v) is 6.40. The Hall–Kier alpha value is -0.120. The van der Waals surface area contributed by atoms with Crippen LogP contribution < -0.4 is 17.2 Å². The van der Waals surface area contributed by atoms with Crippen LogP contribution in [0.5, 0.6) is 0 Å². The van der Waals surface area contributed by atoms with Crippen LogP contribution in [-0.4, -0.2) is 11.7 Å². The van der Waals surface area contributed by atoms with E-state index in [1.807, 2.05) is 0 Å².